The van der Waals surface area contributed by atoms with Crippen molar-refractivity contribution in [1.82, 2.24) is 0 Å². The highest BCUT2D eigenvalue weighted by atomic mass is 16.7. The minimum absolute atomic E-state index is 0.00399. The molecular formula is C34H56O4. The molecule has 5 aliphatic rings. The molecule has 4 fully saturated rings. The lowest BCUT2D eigenvalue weighted by Gasteiger charge is -2.65. The largest absolute Gasteiger partial charge is 0.392 e. The second-order valence-corrected chi connectivity index (χ2v) is 15.1. The number of hydrogen-bond donors (Lipinski definition) is 1. The van der Waals surface area contributed by atoms with Gasteiger partial charge in [0.2, 0.25) is 0 Å². The van der Waals surface area contributed by atoms with Gasteiger partial charge in [-0.25, -0.2) is 0 Å². The summed E-state index contributed by atoms with van der Waals surface area (Å²) in [6.45, 7) is 22.1. The predicted octanol–water partition coefficient (Wildman–Crippen LogP) is 7.70. The Bertz CT molecular complexity index is 952. The zero-order chi connectivity index (χ0) is 27.8. The Labute approximate surface area is 233 Å². The smallest absolute Gasteiger partial charge is 0.165 e. The highest BCUT2D eigenvalue weighted by Crippen LogP contribution is 2.78. The van der Waals surface area contributed by atoms with Crippen molar-refractivity contribution in [2.45, 2.75) is 131 Å². The standard InChI is InChI=1S/C34H56O4/c1-10-36-28-33-22-21-31(8)24(23(3)13-12-18-29(4,5)37-11-2)16-19-32(31,9)25(33)17-20-34(38-28)26(33)14-15-27(35)30(34,6)7/h12,17-18,20,23-28,35H,10-11,13-16,19,21-22H2,1-9H3/b18-12+/t23-,24-,25?,26?,27+,28+,31-,32+,33?,34-/m1/s1. The summed E-state index contributed by atoms with van der Waals surface area (Å²) in [5, 5.41) is 11.1. The summed E-state index contributed by atoms with van der Waals surface area (Å²) in [7, 11) is 0. The molecule has 4 aliphatic carbocycles. The Morgan fingerprint density at radius 2 is 1.76 bits per heavy atom. The van der Waals surface area contributed by atoms with Crippen LogP contribution in [0.5, 0.6) is 0 Å². The van der Waals surface area contributed by atoms with E-state index in [9.17, 15) is 5.11 Å². The first-order valence-electron chi connectivity index (χ1n) is 15.7. The van der Waals surface area contributed by atoms with Crippen LogP contribution in [0.15, 0.2) is 24.3 Å². The van der Waals surface area contributed by atoms with Crippen LogP contribution in [-0.2, 0) is 14.2 Å². The zero-order valence-electron chi connectivity index (χ0n) is 25.8. The van der Waals surface area contributed by atoms with Crippen LogP contribution in [0.1, 0.15) is 107 Å². The van der Waals surface area contributed by atoms with Gasteiger partial charge in [-0.1, -0.05) is 58.9 Å². The fourth-order valence-electron chi connectivity index (χ4n) is 10.7. The minimum atomic E-state index is -0.436. The first kappa shape index (κ1) is 28.8. The third-order valence-electron chi connectivity index (χ3n) is 13.0. The van der Waals surface area contributed by atoms with Gasteiger partial charge in [-0.3, -0.25) is 0 Å². The lowest BCUT2D eigenvalue weighted by molar-refractivity contribution is -0.233. The van der Waals surface area contributed by atoms with E-state index in [1.165, 1.54) is 19.3 Å². The normalized spacial score (nSPS) is 48.1. The van der Waals surface area contributed by atoms with Gasteiger partial charge in [0.25, 0.3) is 0 Å². The molecule has 3 unspecified atom stereocenters. The third-order valence-corrected chi connectivity index (χ3v) is 13.0. The van der Waals surface area contributed by atoms with Crippen molar-refractivity contribution >= 4 is 0 Å². The van der Waals surface area contributed by atoms with Crippen LogP contribution in [0.2, 0.25) is 0 Å². The van der Waals surface area contributed by atoms with Crippen molar-refractivity contribution in [3.8, 4) is 0 Å². The molecule has 5 rings (SSSR count). The molecule has 1 heterocycles. The fraction of sp³-hybridized carbons (Fsp3) is 0.882. The Hall–Kier alpha value is -0.680. The number of ether oxygens (including phenoxy) is 3. The first-order valence-corrected chi connectivity index (χ1v) is 15.7. The Morgan fingerprint density at radius 1 is 1.03 bits per heavy atom. The summed E-state index contributed by atoms with van der Waals surface area (Å²) in [6.07, 6.45) is 17.1. The molecule has 1 saturated heterocycles. The van der Waals surface area contributed by atoms with Crippen molar-refractivity contribution < 1.29 is 19.3 Å². The second kappa shape index (κ2) is 9.43. The highest BCUT2D eigenvalue weighted by Gasteiger charge is 2.78. The maximum Gasteiger partial charge on any atom is 0.165 e. The zero-order valence-corrected chi connectivity index (χ0v) is 25.8. The third kappa shape index (κ3) is 3.68. The van der Waals surface area contributed by atoms with Crippen LogP contribution < -0.4 is 0 Å². The summed E-state index contributed by atoms with van der Waals surface area (Å²) in [6, 6.07) is 0. The molecule has 216 valence electrons. The number of allylic oxidation sites excluding steroid dienone is 2. The lowest BCUT2D eigenvalue weighted by atomic mass is 9.38. The highest BCUT2D eigenvalue weighted by molar-refractivity contribution is 5.34. The summed E-state index contributed by atoms with van der Waals surface area (Å²) >= 11 is 0. The maximum atomic E-state index is 11.1. The van der Waals surface area contributed by atoms with Gasteiger partial charge in [0.15, 0.2) is 6.29 Å². The van der Waals surface area contributed by atoms with Crippen LogP contribution in [-0.4, -0.2) is 41.9 Å². The van der Waals surface area contributed by atoms with Crippen LogP contribution in [0.3, 0.4) is 0 Å². The van der Waals surface area contributed by atoms with Crippen molar-refractivity contribution in [1.29, 1.82) is 0 Å². The molecule has 3 saturated carbocycles. The number of rotatable bonds is 8. The molecule has 0 amide bonds. The SMILES string of the molecule is CCO[C@H]1O[C@]23C=CC4C1(CC[C@]1(C)[C@@H]([C@H](C)C/C=C/C(C)(C)OCC)CC[C@@]41C)C2CC[C@H](O)C3(C)C. The molecule has 10 atom stereocenters. The number of aliphatic hydroxyl groups excluding tert-OH is 1. The molecule has 1 aliphatic heterocycles. The van der Waals surface area contributed by atoms with E-state index in [-0.39, 0.29) is 34.2 Å². The monoisotopic (exact) mass is 528 g/mol. The van der Waals surface area contributed by atoms with Crippen LogP contribution in [0.4, 0.5) is 0 Å². The maximum absolute atomic E-state index is 11.1. The van der Waals surface area contributed by atoms with Crippen LogP contribution in [0.25, 0.3) is 0 Å². The molecule has 1 spiro atoms. The summed E-state index contributed by atoms with van der Waals surface area (Å²) in [5.74, 6) is 2.20. The van der Waals surface area contributed by atoms with Crippen molar-refractivity contribution in [2.75, 3.05) is 13.2 Å². The quantitative estimate of drug-likeness (QED) is 0.328. The molecule has 4 nitrogen and oxygen atoms in total. The Balaban J connectivity index is 1.48. The van der Waals surface area contributed by atoms with E-state index in [1.807, 2.05) is 0 Å². The molecule has 0 aromatic rings. The van der Waals surface area contributed by atoms with Crippen molar-refractivity contribution in [3.05, 3.63) is 24.3 Å². The number of aliphatic hydroxyl groups is 1. The van der Waals surface area contributed by atoms with Gasteiger partial charge < -0.3 is 19.3 Å². The van der Waals surface area contributed by atoms with E-state index >= 15 is 0 Å². The number of fused-ring (bicyclic) bond motifs is 2. The predicted molar refractivity (Wildman–Crippen MR) is 154 cm³/mol. The van der Waals surface area contributed by atoms with Gasteiger partial charge in [0.1, 0.15) is 5.60 Å². The van der Waals surface area contributed by atoms with E-state index in [2.05, 4.69) is 86.6 Å². The van der Waals surface area contributed by atoms with Gasteiger partial charge in [0, 0.05) is 30.0 Å². The van der Waals surface area contributed by atoms with Gasteiger partial charge in [-0.15, -0.1) is 0 Å². The van der Waals surface area contributed by atoms with Gasteiger partial charge in [0.05, 0.1) is 11.7 Å². The Morgan fingerprint density at radius 3 is 2.45 bits per heavy atom. The summed E-state index contributed by atoms with van der Waals surface area (Å²) < 4.78 is 19.5. The molecule has 0 aromatic heterocycles. The topological polar surface area (TPSA) is 47.9 Å². The second-order valence-electron chi connectivity index (χ2n) is 15.1. The van der Waals surface area contributed by atoms with Crippen LogP contribution >= 0.6 is 0 Å². The molecular weight excluding hydrogens is 472 g/mol. The van der Waals surface area contributed by atoms with E-state index < -0.39 is 5.60 Å². The first-order chi connectivity index (χ1) is 17.8. The molecule has 4 heteroatoms. The summed E-state index contributed by atoms with van der Waals surface area (Å²) in [4.78, 5) is 0. The van der Waals surface area contributed by atoms with Crippen molar-refractivity contribution in [3.63, 3.8) is 0 Å². The average molecular weight is 529 g/mol. The molecule has 38 heavy (non-hydrogen) atoms. The van der Waals surface area contributed by atoms with Gasteiger partial charge >= 0.3 is 0 Å². The summed E-state index contributed by atoms with van der Waals surface area (Å²) in [5.41, 5.74) is -0.461. The van der Waals surface area contributed by atoms with Crippen LogP contribution in [0, 0.1) is 45.3 Å². The fourth-order valence-corrected chi connectivity index (χ4v) is 10.7. The molecule has 1 N–H and O–H groups in total. The lowest BCUT2D eigenvalue weighted by Crippen LogP contribution is -2.65. The van der Waals surface area contributed by atoms with Crippen molar-refractivity contribution in [2.24, 2.45) is 45.3 Å². The van der Waals surface area contributed by atoms with E-state index in [0.29, 0.717) is 35.7 Å². The molecule has 0 radical (unpaired) electrons. The minimum Gasteiger partial charge on any atom is -0.392 e. The van der Waals surface area contributed by atoms with E-state index in [1.54, 1.807) is 0 Å². The van der Waals surface area contributed by atoms with E-state index in [0.717, 1.165) is 32.3 Å². The van der Waals surface area contributed by atoms with Gasteiger partial charge in [-0.05, 0) is 101 Å². The molecule has 0 aromatic carbocycles. The average Bonchev–Trinajstić information content (AvgIpc) is 3.21. The molecule has 2 bridgehead atoms. The van der Waals surface area contributed by atoms with E-state index in [4.69, 9.17) is 14.2 Å². The van der Waals surface area contributed by atoms with Gasteiger partial charge in [-0.2, -0.15) is 0 Å². The number of hydrogen-bond acceptors (Lipinski definition) is 4. The Kier molecular flexibility index (Phi) is 7.15.